The van der Waals surface area contributed by atoms with E-state index in [0.29, 0.717) is 6.61 Å². The van der Waals surface area contributed by atoms with E-state index >= 15 is 0 Å². The zero-order chi connectivity index (χ0) is 10.8. The predicted molar refractivity (Wildman–Crippen MR) is 65.1 cm³/mol. The first kappa shape index (κ1) is 11.4. The third kappa shape index (κ3) is 2.53. The van der Waals surface area contributed by atoms with Gasteiger partial charge in [-0.05, 0) is 12.1 Å². The average Bonchev–Trinajstić information content (AvgIpc) is 2.17. The molecular formula is C10H11Br2NO2. The maximum absolute atomic E-state index is 9.87. The third-order valence-electron chi connectivity index (χ3n) is 2.34. The monoisotopic (exact) mass is 335 g/mol. The fraction of sp³-hybridized carbons (Fsp3) is 0.400. The van der Waals surface area contributed by atoms with Crippen molar-refractivity contribution in [3.63, 3.8) is 0 Å². The molecule has 2 N–H and O–H groups in total. The standard InChI is InChI=1S/C10H11Br2NO2/c11-6-3-7(12)10(9(14)4-6)8-5-15-2-1-13-8/h3-4,8,13-14H,1-2,5H2/t8-/m1/s1. The molecule has 15 heavy (non-hydrogen) atoms. The second-order valence-corrected chi connectivity index (χ2v) is 5.17. The van der Waals surface area contributed by atoms with Gasteiger partial charge in [0.05, 0.1) is 19.3 Å². The van der Waals surface area contributed by atoms with Crippen LogP contribution < -0.4 is 5.32 Å². The number of ether oxygens (including phenoxy) is 1. The first-order valence-electron chi connectivity index (χ1n) is 4.67. The van der Waals surface area contributed by atoms with Gasteiger partial charge in [0.25, 0.3) is 0 Å². The summed E-state index contributed by atoms with van der Waals surface area (Å²) in [5.41, 5.74) is 0.859. The van der Waals surface area contributed by atoms with E-state index in [1.807, 2.05) is 6.07 Å². The summed E-state index contributed by atoms with van der Waals surface area (Å²) in [4.78, 5) is 0. The number of halogens is 2. The van der Waals surface area contributed by atoms with Crippen LogP contribution in [-0.4, -0.2) is 24.9 Å². The number of hydrogen-bond donors (Lipinski definition) is 2. The lowest BCUT2D eigenvalue weighted by Crippen LogP contribution is -2.34. The second-order valence-electron chi connectivity index (χ2n) is 3.40. The summed E-state index contributed by atoms with van der Waals surface area (Å²) in [6.45, 7) is 2.13. The van der Waals surface area contributed by atoms with Crippen LogP contribution in [0.3, 0.4) is 0 Å². The minimum absolute atomic E-state index is 0.0567. The highest BCUT2D eigenvalue weighted by atomic mass is 79.9. The van der Waals surface area contributed by atoms with Crippen molar-refractivity contribution in [2.24, 2.45) is 0 Å². The number of hydrogen-bond acceptors (Lipinski definition) is 3. The number of aromatic hydroxyl groups is 1. The van der Waals surface area contributed by atoms with E-state index in [2.05, 4.69) is 37.2 Å². The van der Waals surface area contributed by atoms with E-state index in [4.69, 9.17) is 4.74 Å². The first-order valence-corrected chi connectivity index (χ1v) is 6.26. The van der Waals surface area contributed by atoms with Gasteiger partial charge < -0.3 is 15.2 Å². The molecule has 5 heteroatoms. The third-order valence-corrected chi connectivity index (χ3v) is 3.46. The van der Waals surface area contributed by atoms with Gasteiger partial charge in [-0.25, -0.2) is 0 Å². The van der Waals surface area contributed by atoms with Gasteiger partial charge in [-0.15, -0.1) is 0 Å². The Bertz CT molecular complexity index is 341. The summed E-state index contributed by atoms with van der Waals surface area (Å²) in [6, 6.07) is 3.67. The van der Waals surface area contributed by atoms with Crippen molar-refractivity contribution in [1.29, 1.82) is 0 Å². The van der Waals surface area contributed by atoms with E-state index < -0.39 is 0 Å². The summed E-state index contributed by atoms with van der Waals surface area (Å²) in [5, 5.41) is 13.2. The summed E-state index contributed by atoms with van der Waals surface area (Å²) in [7, 11) is 0. The summed E-state index contributed by atoms with van der Waals surface area (Å²) in [5.74, 6) is 0.277. The molecule has 2 rings (SSSR count). The molecule has 1 saturated heterocycles. The van der Waals surface area contributed by atoms with Gasteiger partial charge in [-0.2, -0.15) is 0 Å². The molecule has 0 radical (unpaired) electrons. The molecule has 0 bridgehead atoms. The maximum Gasteiger partial charge on any atom is 0.122 e. The largest absolute Gasteiger partial charge is 0.508 e. The van der Waals surface area contributed by atoms with Gasteiger partial charge >= 0.3 is 0 Å². The highest BCUT2D eigenvalue weighted by Gasteiger charge is 2.21. The topological polar surface area (TPSA) is 41.5 Å². The smallest absolute Gasteiger partial charge is 0.122 e. The minimum Gasteiger partial charge on any atom is -0.508 e. The fourth-order valence-electron chi connectivity index (χ4n) is 1.67. The van der Waals surface area contributed by atoms with Gasteiger partial charge in [0.15, 0.2) is 0 Å². The van der Waals surface area contributed by atoms with Crippen LogP contribution in [0.4, 0.5) is 0 Å². The SMILES string of the molecule is Oc1cc(Br)cc(Br)c1[C@H]1COCCN1. The highest BCUT2D eigenvalue weighted by Crippen LogP contribution is 2.35. The maximum atomic E-state index is 9.87. The molecule has 1 aliphatic rings. The lowest BCUT2D eigenvalue weighted by atomic mass is 10.1. The predicted octanol–water partition coefficient (Wildman–Crippen LogP) is 2.58. The van der Waals surface area contributed by atoms with Crippen molar-refractivity contribution in [2.75, 3.05) is 19.8 Å². The van der Waals surface area contributed by atoms with Crippen molar-refractivity contribution >= 4 is 31.9 Å². The number of nitrogens with one attached hydrogen (secondary N) is 1. The lowest BCUT2D eigenvalue weighted by molar-refractivity contribution is 0.0758. The number of morpholine rings is 1. The average molecular weight is 337 g/mol. The van der Waals surface area contributed by atoms with E-state index in [1.54, 1.807) is 6.07 Å². The van der Waals surface area contributed by atoms with Crippen LogP contribution in [0.15, 0.2) is 21.1 Å². The van der Waals surface area contributed by atoms with Crippen LogP contribution in [0.25, 0.3) is 0 Å². The van der Waals surface area contributed by atoms with Gasteiger partial charge in [-0.1, -0.05) is 31.9 Å². The first-order chi connectivity index (χ1) is 7.18. The van der Waals surface area contributed by atoms with E-state index in [9.17, 15) is 5.11 Å². The van der Waals surface area contributed by atoms with Crippen molar-refractivity contribution in [2.45, 2.75) is 6.04 Å². The van der Waals surface area contributed by atoms with Gasteiger partial charge in [-0.3, -0.25) is 0 Å². The zero-order valence-corrected chi connectivity index (χ0v) is 11.1. The van der Waals surface area contributed by atoms with Crippen LogP contribution in [0.5, 0.6) is 5.75 Å². The number of rotatable bonds is 1. The molecular weight excluding hydrogens is 326 g/mol. The molecule has 1 fully saturated rings. The van der Waals surface area contributed by atoms with Crippen LogP contribution in [0.2, 0.25) is 0 Å². The van der Waals surface area contributed by atoms with Crippen LogP contribution in [-0.2, 0) is 4.74 Å². The Morgan fingerprint density at radius 3 is 2.80 bits per heavy atom. The molecule has 3 nitrogen and oxygen atoms in total. The molecule has 0 aliphatic carbocycles. The summed E-state index contributed by atoms with van der Waals surface area (Å²) < 4.78 is 7.11. The normalized spacial score (nSPS) is 21.6. The fourth-order valence-corrected chi connectivity index (χ4v) is 3.15. The van der Waals surface area contributed by atoms with Gasteiger partial charge in [0.2, 0.25) is 0 Å². The molecule has 1 aliphatic heterocycles. The Morgan fingerprint density at radius 1 is 1.40 bits per heavy atom. The highest BCUT2D eigenvalue weighted by molar-refractivity contribution is 9.11. The Morgan fingerprint density at radius 2 is 2.20 bits per heavy atom. The summed E-state index contributed by atoms with van der Waals surface area (Å²) >= 11 is 6.78. The van der Waals surface area contributed by atoms with E-state index in [-0.39, 0.29) is 11.8 Å². The summed E-state index contributed by atoms with van der Waals surface area (Å²) in [6.07, 6.45) is 0. The van der Waals surface area contributed by atoms with Crippen LogP contribution in [0, 0.1) is 0 Å². The quantitative estimate of drug-likeness (QED) is 0.828. The Hall–Kier alpha value is -0.100. The molecule has 82 valence electrons. The van der Waals surface area contributed by atoms with Gasteiger partial charge in [0.1, 0.15) is 5.75 Å². The number of benzene rings is 1. The number of phenols is 1. The van der Waals surface area contributed by atoms with Gasteiger partial charge in [0, 0.05) is 21.1 Å². The number of phenolic OH excluding ortho intramolecular Hbond substituents is 1. The Labute approximate surface area is 105 Å². The molecule has 0 spiro atoms. The molecule has 0 saturated carbocycles. The molecule has 1 aromatic carbocycles. The van der Waals surface area contributed by atoms with E-state index in [0.717, 1.165) is 27.7 Å². The van der Waals surface area contributed by atoms with Crippen molar-refractivity contribution in [3.8, 4) is 5.75 Å². The molecule has 1 heterocycles. The molecule has 0 aromatic heterocycles. The van der Waals surface area contributed by atoms with E-state index in [1.165, 1.54) is 0 Å². The van der Waals surface area contributed by atoms with Crippen LogP contribution in [0.1, 0.15) is 11.6 Å². The lowest BCUT2D eigenvalue weighted by Gasteiger charge is -2.25. The molecule has 1 atom stereocenters. The Balaban J connectivity index is 2.33. The van der Waals surface area contributed by atoms with Crippen molar-refractivity contribution in [3.05, 3.63) is 26.6 Å². The van der Waals surface area contributed by atoms with Crippen molar-refractivity contribution in [1.82, 2.24) is 5.32 Å². The molecule has 0 unspecified atom stereocenters. The minimum atomic E-state index is 0.0567. The van der Waals surface area contributed by atoms with Crippen LogP contribution >= 0.6 is 31.9 Å². The molecule has 1 aromatic rings. The Kier molecular flexibility index (Phi) is 3.66. The van der Waals surface area contributed by atoms with Crippen molar-refractivity contribution < 1.29 is 9.84 Å². The zero-order valence-electron chi connectivity index (χ0n) is 7.96. The molecule has 0 amide bonds. The second kappa shape index (κ2) is 4.82.